The number of hydrogen-bond acceptors (Lipinski definition) is 2. The van der Waals surface area contributed by atoms with Gasteiger partial charge in [-0.3, -0.25) is 10.6 Å². The Morgan fingerprint density at radius 2 is 2.36 bits per heavy atom. The molecule has 0 aromatic heterocycles. The average Bonchev–Trinajstić information content (AvgIpc) is 2.62. The van der Waals surface area contributed by atoms with Gasteiger partial charge in [0.2, 0.25) is 0 Å². The lowest BCUT2D eigenvalue weighted by molar-refractivity contribution is 0.332. The topological polar surface area (TPSA) is 24.1 Å². The fourth-order valence-corrected chi connectivity index (χ4v) is 2.40. The molecule has 64 valence electrons. The molecule has 0 aromatic carbocycles. The van der Waals surface area contributed by atoms with Gasteiger partial charge >= 0.3 is 0 Å². The highest BCUT2D eigenvalue weighted by molar-refractivity contribution is 4.97. The fraction of sp³-hybridized carbons (Fsp3) is 1.00. The maximum absolute atomic E-state index is 3.62. The summed E-state index contributed by atoms with van der Waals surface area (Å²) in [6.07, 6.45) is 5.37. The molecule has 2 heteroatoms. The molecular formula is C9H18N2. The Balaban J connectivity index is 1.96. The number of nitrogens with one attached hydrogen (secondary N) is 2. The third kappa shape index (κ3) is 1.30. The summed E-state index contributed by atoms with van der Waals surface area (Å²) in [5.74, 6) is 0.917. The molecule has 0 radical (unpaired) electrons. The van der Waals surface area contributed by atoms with Crippen molar-refractivity contribution in [1.29, 1.82) is 0 Å². The molecule has 2 aliphatic rings. The Labute approximate surface area is 68.7 Å². The van der Waals surface area contributed by atoms with E-state index in [0.717, 1.165) is 5.92 Å². The third-order valence-electron chi connectivity index (χ3n) is 3.19. The van der Waals surface area contributed by atoms with E-state index in [9.17, 15) is 0 Å². The Morgan fingerprint density at radius 3 is 2.91 bits per heavy atom. The zero-order chi connectivity index (χ0) is 7.73. The molecule has 0 amide bonds. The minimum atomic E-state index is 0.362. The van der Waals surface area contributed by atoms with Crippen molar-refractivity contribution in [2.75, 3.05) is 13.1 Å². The summed E-state index contributed by atoms with van der Waals surface area (Å²) < 4.78 is 0. The molecule has 1 spiro atoms. The van der Waals surface area contributed by atoms with Crippen LogP contribution in [0.15, 0.2) is 0 Å². The molecule has 0 saturated carbocycles. The zero-order valence-electron chi connectivity index (χ0n) is 7.32. The quantitative estimate of drug-likeness (QED) is 0.590. The van der Waals surface area contributed by atoms with Crippen LogP contribution in [0.5, 0.6) is 0 Å². The molecule has 0 aliphatic carbocycles. The second kappa shape index (κ2) is 2.76. The summed E-state index contributed by atoms with van der Waals surface area (Å²) in [5, 5.41) is 7.21. The van der Waals surface area contributed by atoms with Crippen LogP contribution in [0.3, 0.4) is 0 Å². The summed E-state index contributed by atoms with van der Waals surface area (Å²) in [7, 11) is 0. The van der Waals surface area contributed by atoms with Crippen molar-refractivity contribution in [1.82, 2.24) is 10.6 Å². The van der Waals surface area contributed by atoms with Gasteiger partial charge in [0, 0.05) is 0 Å². The molecule has 0 aromatic rings. The highest BCUT2D eigenvalue weighted by atomic mass is 15.2. The Morgan fingerprint density at radius 1 is 1.45 bits per heavy atom. The van der Waals surface area contributed by atoms with Crippen molar-refractivity contribution >= 4 is 0 Å². The van der Waals surface area contributed by atoms with Crippen molar-refractivity contribution in [3.8, 4) is 0 Å². The van der Waals surface area contributed by atoms with Gasteiger partial charge in [-0.2, -0.15) is 0 Å². The molecular weight excluding hydrogens is 136 g/mol. The van der Waals surface area contributed by atoms with Crippen molar-refractivity contribution in [3.05, 3.63) is 0 Å². The predicted molar refractivity (Wildman–Crippen MR) is 46.4 cm³/mol. The first-order valence-electron chi connectivity index (χ1n) is 4.85. The van der Waals surface area contributed by atoms with Gasteiger partial charge in [-0.05, 0) is 38.3 Å². The monoisotopic (exact) mass is 154 g/mol. The summed E-state index contributed by atoms with van der Waals surface area (Å²) in [4.78, 5) is 0. The van der Waals surface area contributed by atoms with Crippen molar-refractivity contribution < 1.29 is 0 Å². The maximum Gasteiger partial charge on any atom is 0.0690 e. The van der Waals surface area contributed by atoms with Crippen LogP contribution in [-0.4, -0.2) is 18.8 Å². The molecule has 2 rings (SSSR count). The molecule has 0 bridgehead atoms. The highest BCUT2D eigenvalue weighted by Gasteiger charge is 2.39. The third-order valence-corrected chi connectivity index (χ3v) is 3.19. The van der Waals surface area contributed by atoms with Crippen molar-refractivity contribution in [3.63, 3.8) is 0 Å². The standard InChI is InChI=1S/C9H18N2/c1-2-8-6-9(11-7-8)4-3-5-10-9/h8,10-11H,2-7H2,1H3. The fourth-order valence-electron chi connectivity index (χ4n) is 2.40. The lowest BCUT2D eigenvalue weighted by Gasteiger charge is -2.23. The van der Waals surface area contributed by atoms with Crippen LogP contribution in [0.1, 0.15) is 32.6 Å². The van der Waals surface area contributed by atoms with Gasteiger partial charge in [0.25, 0.3) is 0 Å². The SMILES string of the molecule is CCC1CNC2(CCCN2)C1. The number of hydrogen-bond donors (Lipinski definition) is 2. The van der Waals surface area contributed by atoms with Gasteiger partial charge in [0.15, 0.2) is 0 Å². The first-order chi connectivity index (χ1) is 5.35. The van der Waals surface area contributed by atoms with E-state index in [0.29, 0.717) is 5.66 Å². The first kappa shape index (κ1) is 7.56. The normalized spacial score (nSPS) is 43.9. The molecule has 11 heavy (non-hydrogen) atoms. The van der Waals surface area contributed by atoms with Crippen molar-refractivity contribution in [2.45, 2.75) is 38.3 Å². The molecule has 2 atom stereocenters. The minimum Gasteiger partial charge on any atom is -0.299 e. The summed E-state index contributed by atoms with van der Waals surface area (Å²) in [6, 6.07) is 0. The van der Waals surface area contributed by atoms with Crippen LogP contribution in [0, 0.1) is 5.92 Å². The molecule has 2 N–H and O–H groups in total. The van der Waals surface area contributed by atoms with Gasteiger partial charge < -0.3 is 0 Å². The largest absolute Gasteiger partial charge is 0.299 e. The second-order valence-corrected chi connectivity index (χ2v) is 3.97. The molecule has 2 aliphatic heterocycles. The van der Waals surface area contributed by atoms with Crippen LogP contribution < -0.4 is 10.6 Å². The summed E-state index contributed by atoms with van der Waals surface area (Å²) in [5.41, 5.74) is 0.362. The van der Waals surface area contributed by atoms with Crippen LogP contribution in [0.4, 0.5) is 0 Å². The average molecular weight is 154 g/mol. The summed E-state index contributed by atoms with van der Waals surface area (Å²) >= 11 is 0. The Bertz CT molecular complexity index is 138. The molecule has 2 nitrogen and oxygen atoms in total. The molecule has 2 saturated heterocycles. The summed E-state index contributed by atoms with van der Waals surface area (Å²) in [6.45, 7) is 4.73. The van der Waals surface area contributed by atoms with Gasteiger partial charge in [-0.1, -0.05) is 13.3 Å². The van der Waals surface area contributed by atoms with E-state index in [1.54, 1.807) is 0 Å². The Hall–Kier alpha value is -0.0800. The second-order valence-electron chi connectivity index (χ2n) is 3.97. The minimum absolute atomic E-state index is 0.362. The maximum atomic E-state index is 3.62. The smallest absolute Gasteiger partial charge is 0.0690 e. The van der Waals surface area contributed by atoms with E-state index >= 15 is 0 Å². The Kier molecular flexibility index (Phi) is 1.90. The lowest BCUT2D eigenvalue weighted by Crippen LogP contribution is -2.48. The van der Waals surface area contributed by atoms with E-state index in [4.69, 9.17) is 0 Å². The van der Waals surface area contributed by atoms with Crippen LogP contribution in [0.25, 0.3) is 0 Å². The van der Waals surface area contributed by atoms with E-state index in [1.807, 2.05) is 0 Å². The van der Waals surface area contributed by atoms with E-state index < -0.39 is 0 Å². The predicted octanol–water partition coefficient (Wildman–Crippen LogP) is 1.09. The van der Waals surface area contributed by atoms with Crippen molar-refractivity contribution in [2.24, 2.45) is 5.92 Å². The van der Waals surface area contributed by atoms with E-state index in [2.05, 4.69) is 17.6 Å². The van der Waals surface area contributed by atoms with Gasteiger partial charge in [0.1, 0.15) is 0 Å². The number of rotatable bonds is 1. The van der Waals surface area contributed by atoms with Gasteiger partial charge in [-0.15, -0.1) is 0 Å². The van der Waals surface area contributed by atoms with Crippen LogP contribution >= 0.6 is 0 Å². The first-order valence-corrected chi connectivity index (χ1v) is 4.85. The van der Waals surface area contributed by atoms with Gasteiger partial charge in [-0.25, -0.2) is 0 Å². The zero-order valence-corrected chi connectivity index (χ0v) is 7.32. The molecule has 2 fully saturated rings. The van der Waals surface area contributed by atoms with Gasteiger partial charge in [0.05, 0.1) is 5.66 Å². The van der Waals surface area contributed by atoms with Crippen LogP contribution in [0.2, 0.25) is 0 Å². The van der Waals surface area contributed by atoms with E-state index in [-0.39, 0.29) is 0 Å². The molecule has 2 unspecified atom stereocenters. The highest BCUT2D eigenvalue weighted by Crippen LogP contribution is 2.30. The molecule has 2 heterocycles. The van der Waals surface area contributed by atoms with E-state index in [1.165, 1.54) is 38.8 Å². The van der Waals surface area contributed by atoms with Crippen LogP contribution in [-0.2, 0) is 0 Å². The lowest BCUT2D eigenvalue weighted by atomic mass is 9.98.